The van der Waals surface area contributed by atoms with Crippen LogP contribution in [-0.2, 0) is 20.9 Å². The molecule has 2 N–H and O–H groups in total. The minimum atomic E-state index is -0.538. The number of aromatic hydroxyl groups is 1. The third-order valence-electron chi connectivity index (χ3n) is 3.30. The van der Waals surface area contributed by atoms with Crippen molar-refractivity contribution in [3.05, 3.63) is 27.5 Å². The third kappa shape index (κ3) is 7.49. The van der Waals surface area contributed by atoms with Gasteiger partial charge in [0.1, 0.15) is 23.8 Å². The highest BCUT2D eigenvalue weighted by atomic mass is 16.5. The molecule has 0 aliphatic heterocycles. The monoisotopic (exact) mass is 366 g/mol. The summed E-state index contributed by atoms with van der Waals surface area (Å²) in [4.78, 5) is 32.6. The summed E-state index contributed by atoms with van der Waals surface area (Å²) in [5, 5.41) is 27.8. The van der Waals surface area contributed by atoms with Crippen LogP contribution in [0.4, 0.5) is 0 Å². The maximum Gasteiger partial charge on any atom is 0.313 e. The fourth-order valence-electron chi connectivity index (χ4n) is 1.93. The average Bonchev–Trinajstić information content (AvgIpc) is 2.52. The average molecular weight is 366 g/mol. The lowest BCUT2D eigenvalue weighted by molar-refractivity contribution is -0.145. The summed E-state index contributed by atoms with van der Waals surface area (Å²) in [5.41, 5.74) is -0.584. The first-order valence-corrected chi connectivity index (χ1v) is 8.08. The van der Waals surface area contributed by atoms with Gasteiger partial charge in [-0.05, 0) is 26.3 Å². The minimum absolute atomic E-state index is 0.0246. The van der Waals surface area contributed by atoms with Crippen molar-refractivity contribution >= 4 is 11.8 Å². The van der Waals surface area contributed by atoms with E-state index in [2.05, 4.69) is 4.74 Å². The number of hydrogen-bond donors (Lipinski definition) is 2. The van der Waals surface area contributed by atoms with Crippen LogP contribution in [0.15, 0.2) is 10.9 Å². The Labute approximate surface area is 152 Å². The van der Waals surface area contributed by atoms with E-state index < -0.39 is 16.9 Å². The zero-order valence-electron chi connectivity index (χ0n) is 15.8. The Balaban J connectivity index is 0.000000590. The van der Waals surface area contributed by atoms with Crippen LogP contribution >= 0.6 is 0 Å². The van der Waals surface area contributed by atoms with E-state index in [4.69, 9.17) is 10.4 Å². The minimum Gasteiger partial charge on any atom is -0.494 e. The molecule has 144 valence electrons. The number of aryl methyl sites for hydroxylation is 1. The van der Waals surface area contributed by atoms with E-state index in [1.165, 1.54) is 13.0 Å². The number of hydrogen-bond acceptors (Lipinski definition) is 7. The van der Waals surface area contributed by atoms with Crippen molar-refractivity contribution in [2.75, 3.05) is 13.2 Å². The Bertz CT molecular complexity index is 743. The van der Waals surface area contributed by atoms with Crippen molar-refractivity contribution in [2.45, 2.75) is 47.6 Å². The molecule has 8 heteroatoms. The SMILES string of the molecule is CCOC(=O)CC(C)=O.Cc1cc(O)n(CC(C)(C)CO)c(=O)c1C#N. The zero-order chi connectivity index (χ0) is 20.5. The summed E-state index contributed by atoms with van der Waals surface area (Å²) in [6, 6.07) is 3.21. The van der Waals surface area contributed by atoms with Crippen LogP contribution in [0.1, 0.15) is 45.2 Å². The first-order chi connectivity index (χ1) is 12.0. The molecule has 0 spiro atoms. The quantitative estimate of drug-likeness (QED) is 0.573. The predicted octanol–water partition coefficient (Wildman–Crippen LogP) is 1.28. The van der Waals surface area contributed by atoms with Gasteiger partial charge in [-0.1, -0.05) is 13.8 Å². The molecule has 1 rings (SSSR count). The molecular formula is C18H26N2O6. The first-order valence-electron chi connectivity index (χ1n) is 8.08. The van der Waals surface area contributed by atoms with Crippen molar-refractivity contribution in [1.29, 1.82) is 5.26 Å². The Morgan fingerprint density at radius 2 is 1.96 bits per heavy atom. The Morgan fingerprint density at radius 1 is 1.38 bits per heavy atom. The lowest BCUT2D eigenvalue weighted by Gasteiger charge is -2.23. The van der Waals surface area contributed by atoms with Gasteiger partial charge < -0.3 is 14.9 Å². The summed E-state index contributed by atoms with van der Waals surface area (Å²) < 4.78 is 5.61. The first kappa shape index (κ1) is 23.3. The van der Waals surface area contributed by atoms with Crippen molar-refractivity contribution < 1.29 is 24.5 Å². The third-order valence-corrected chi connectivity index (χ3v) is 3.30. The van der Waals surface area contributed by atoms with Gasteiger partial charge in [-0.25, -0.2) is 0 Å². The van der Waals surface area contributed by atoms with Gasteiger partial charge >= 0.3 is 5.97 Å². The maximum absolute atomic E-state index is 11.9. The van der Waals surface area contributed by atoms with Gasteiger partial charge in [-0.2, -0.15) is 5.26 Å². The predicted molar refractivity (Wildman–Crippen MR) is 94.6 cm³/mol. The fraction of sp³-hybridized carbons (Fsp3) is 0.556. The highest BCUT2D eigenvalue weighted by molar-refractivity contribution is 5.94. The number of ether oxygens (including phenoxy) is 1. The molecule has 0 atom stereocenters. The van der Waals surface area contributed by atoms with E-state index in [1.54, 1.807) is 27.7 Å². The molecule has 1 aromatic rings. The van der Waals surface area contributed by atoms with Gasteiger partial charge in [0.2, 0.25) is 0 Å². The number of carbonyl (C=O) groups is 2. The smallest absolute Gasteiger partial charge is 0.313 e. The highest BCUT2D eigenvalue weighted by Crippen LogP contribution is 2.20. The summed E-state index contributed by atoms with van der Waals surface area (Å²) in [5.74, 6) is -0.786. The van der Waals surface area contributed by atoms with Gasteiger partial charge in [0.15, 0.2) is 5.88 Å². The van der Waals surface area contributed by atoms with E-state index in [9.17, 15) is 19.5 Å². The lowest BCUT2D eigenvalue weighted by Crippen LogP contribution is -2.32. The molecule has 1 heterocycles. The second kappa shape index (κ2) is 10.4. The standard InChI is InChI=1S/C12H16N2O3.C6H10O3/c1-8-4-10(16)14(6-12(2,3)7-15)11(17)9(8)5-13;1-3-9-6(8)4-5(2)7/h4,15-16H,6-7H2,1-3H3;3-4H2,1-2H3. The van der Waals surface area contributed by atoms with E-state index in [1.807, 2.05) is 6.07 Å². The molecule has 0 saturated carbocycles. The Morgan fingerprint density at radius 3 is 2.38 bits per heavy atom. The fourth-order valence-corrected chi connectivity index (χ4v) is 1.93. The van der Waals surface area contributed by atoms with Crippen molar-refractivity contribution in [1.82, 2.24) is 4.57 Å². The molecule has 0 aromatic carbocycles. The number of pyridine rings is 1. The maximum atomic E-state index is 11.9. The van der Waals surface area contributed by atoms with Gasteiger partial charge in [0.25, 0.3) is 5.56 Å². The molecule has 0 aliphatic rings. The molecule has 26 heavy (non-hydrogen) atoms. The molecule has 0 saturated heterocycles. The highest BCUT2D eigenvalue weighted by Gasteiger charge is 2.21. The molecule has 0 fully saturated rings. The van der Waals surface area contributed by atoms with Gasteiger partial charge in [-0.3, -0.25) is 19.0 Å². The summed E-state index contributed by atoms with van der Waals surface area (Å²) in [6.45, 7) is 8.58. The Kier molecular flexibility index (Phi) is 9.30. The number of aromatic nitrogens is 1. The Hall–Kier alpha value is -2.66. The van der Waals surface area contributed by atoms with Crippen LogP contribution in [0.5, 0.6) is 5.88 Å². The number of nitrogens with zero attached hydrogens (tertiary/aromatic N) is 2. The number of rotatable bonds is 6. The van der Waals surface area contributed by atoms with E-state index in [0.29, 0.717) is 12.2 Å². The van der Waals surface area contributed by atoms with Crippen LogP contribution < -0.4 is 5.56 Å². The van der Waals surface area contributed by atoms with Crippen molar-refractivity contribution in [3.63, 3.8) is 0 Å². The van der Waals surface area contributed by atoms with Crippen LogP contribution in [0.25, 0.3) is 0 Å². The van der Waals surface area contributed by atoms with Crippen LogP contribution in [0.2, 0.25) is 0 Å². The van der Waals surface area contributed by atoms with Gasteiger partial charge in [0, 0.05) is 24.6 Å². The topological polar surface area (TPSA) is 130 Å². The van der Waals surface area contributed by atoms with Crippen LogP contribution in [-0.4, -0.2) is 39.7 Å². The normalized spacial score (nSPS) is 10.3. The molecule has 8 nitrogen and oxygen atoms in total. The number of ketones is 1. The lowest BCUT2D eigenvalue weighted by atomic mass is 9.94. The van der Waals surface area contributed by atoms with Crippen LogP contribution in [0.3, 0.4) is 0 Å². The zero-order valence-corrected chi connectivity index (χ0v) is 15.8. The molecule has 0 amide bonds. The largest absolute Gasteiger partial charge is 0.494 e. The van der Waals surface area contributed by atoms with E-state index in [-0.39, 0.29) is 36.8 Å². The number of nitriles is 1. The van der Waals surface area contributed by atoms with Gasteiger partial charge in [0.05, 0.1) is 6.61 Å². The molecule has 0 bridgehead atoms. The number of aliphatic hydroxyl groups excluding tert-OH is 1. The van der Waals surface area contributed by atoms with E-state index in [0.717, 1.165) is 4.57 Å². The number of Topliss-reactive ketones (excluding diaryl/α,β-unsaturated/α-hetero) is 1. The second-order valence-electron chi connectivity index (χ2n) is 6.57. The molecule has 0 unspecified atom stereocenters. The van der Waals surface area contributed by atoms with Crippen molar-refractivity contribution in [3.8, 4) is 11.9 Å². The number of aliphatic hydroxyl groups is 1. The molecular weight excluding hydrogens is 340 g/mol. The molecule has 1 aromatic heterocycles. The van der Waals surface area contributed by atoms with Crippen molar-refractivity contribution in [2.24, 2.45) is 5.41 Å². The summed E-state index contributed by atoms with van der Waals surface area (Å²) in [7, 11) is 0. The number of carbonyl (C=O) groups excluding carboxylic acids is 2. The van der Waals surface area contributed by atoms with Gasteiger partial charge in [-0.15, -0.1) is 0 Å². The summed E-state index contributed by atoms with van der Waals surface area (Å²) >= 11 is 0. The molecule has 0 aliphatic carbocycles. The number of esters is 1. The second-order valence-corrected chi connectivity index (χ2v) is 6.57. The van der Waals surface area contributed by atoms with Crippen LogP contribution in [0, 0.1) is 23.7 Å². The molecule has 0 radical (unpaired) electrons. The van der Waals surface area contributed by atoms with E-state index >= 15 is 0 Å². The summed E-state index contributed by atoms with van der Waals surface area (Å²) in [6.07, 6.45) is -0.103.